The van der Waals surface area contributed by atoms with Crippen molar-refractivity contribution in [3.05, 3.63) is 66.0 Å². The van der Waals surface area contributed by atoms with Gasteiger partial charge in [-0.1, -0.05) is 49.9 Å². The van der Waals surface area contributed by atoms with E-state index >= 15 is 0 Å². The zero-order chi connectivity index (χ0) is 21.7. The summed E-state index contributed by atoms with van der Waals surface area (Å²) in [6.45, 7) is 2.53. The van der Waals surface area contributed by atoms with Gasteiger partial charge in [0.1, 0.15) is 0 Å². The zero-order valence-corrected chi connectivity index (χ0v) is 18.5. The summed E-state index contributed by atoms with van der Waals surface area (Å²) in [5.41, 5.74) is 1.90. The molecule has 1 aliphatic rings. The maximum absolute atomic E-state index is 12.5. The van der Waals surface area contributed by atoms with E-state index in [2.05, 4.69) is 10.3 Å². The van der Waals surface area contributed by atoms with Crippen LogP contribution in [-0.2, 0) is 11.2 Å². The first kappa shape index (κ1) is 23.0. The topological polar surface area (TPSA) is 62.3 Å². The summed E-state index contributed by atoms with van der Waals surface area (Å²) in [7, 11) is 0. The van der Waals surface area contributed by atoms with Crippen LogP contribution >= 0.6 is 0 Å². The van der Waals surface area contributed by atoms with Crippen LogP contribution in [0.5, 0.6) is 0 Å². The van der Waals surface area contributed by atoms with Crippen LogP contribution < -0.4 is 5.32 Å². The number of carbonyl (C=O) groups is 2. The first-order valence-electron chi connectivity index (χ1n) is 11.7. The van der Waals surface area contributed by atoms with E-state index in [0.29, 0.717) is 6.42 Å². The van der Waals surface area contributed by atoms with Crippen molar-refractivity contribution in [2.75, 3.05) is 19.6 Å². The average molecular weight is 422 g/mol. The fourth-order valence-electron chi connectivity index (χ4n) is 4.22. The third-order valence-corrected chi connectivity index (χ3v) is 6.15. The Hall–Kier alpha value is -2.69. The molecule has 2 amide bonds. The number of aryl methyl sites for hydroxylation is 1. The van der Waals surface area contributed by atoms with Gasteiger partial charge < -0.3 is 10.2 Å². The van der Waals surface area contributed by atoms with Crippen molar-refractivity contribution in [3.8, 4) is 0 Å². The molecule has 1 saturated heterocycles. The van der Waals surface area contributed by atoms with Crippen LogP contribution in [0.3, 0.4) is 0 Å². The normalized spacial score (nSPS) is 14.4. The fraction of sp³-hybridized carbons (Fsp3) is 0.500. The van der Waals surface area contributed by atoms with Gasteiger partial charge in [0.25, 0.3) is 5.91 Å². The van der Waals surface area contributed by atoms with Crippen LogP contribution in [0.25, 0.3) is 0 Å². The van der Waals surface area contributed by atoms with Gasteiger partial charge in [0.15, 0.2) is 0 Å². The lowest BCUT2D eigenvalue weighted by atomic mass is 9.91. The monoisotopic (exact) mass is 421 g/mol. The van der Waals surface area contributed by atoms with E-state index in [1.54, 1.807) is 6.20 Å². The molecular formula is C26H35N3O2. The molecule has 0 unspecified atom stereocenters. The number of pyridine rings is 1. The smallest absolute Gasteiger partial charge is 0.253 e. The van der Waals surface area contributed by atoms with E-state index in [1.807, 2.05) is 53.6 Å². The molecule has 3 rings (SSSR count). The van der Waals surface area contributed by atoms with Crippen molar-refractivity contribution in [3.63, 3.8) is 0 Å². The number of piperidine rings is 1. The summed E-state index contributed by atoms with van der Waals surface area (Å²) in [6.07, 6.45) is 13.0. The second-order valence-corrected chi connectivity index (χ2v) is 8.52. The lowest BCUT2D eigenvalue weighted by Gasteiger charge is -2.32. The minimum absolute atomic E-state index is 0.126. The number of benzene rings is 1. The molecule has 0 radical (unpaired) electrons. The SMILES string of the molecule is O=C(CCc1cccnc1)NCCCCCCC1CCN(C(=O)c2ccccc2)CC1. The Balaban J connectivity index is 1.18. The number of hydrogen-bond acceptors (Lipinski definition) is 3. The number of amides is 2. The van der Waals surface area contributed by atoms with Crippen molar-refractivity contribution < 1.29 is 9.59 Å². The third-order valence-electron chi connectivity index (χ3n) is 6.15. The summed E-state index contributed by atoms with van der Waals surface area (Å²) in [6, 6.07) is 13.5. The third kappa shape index (κ3) is 8.16. The highest BCUT2D eigenvalue weighted by molar-refractivity contribution is 5.94. The molecule has 5 nitrogen and oxygen atoms in total. The van der Waals surface area contributed by atoms with Gasteiger partial charge in [0, 0.05) is 44.0 Å². The van der Waals surface area contributed by atoms with E-state index in [-0.39, 0.29) is 11.8 Å². The lowest BCUT2D eigenvalue weighted by molar-refractivity contribution is -0.121. The minimum Gasteiger partial charge on any atom is -0.356 e. The molecule has 5 heteroatoms. The number of likely N-dealkylation sites (tertiary alicyclic amines) is 1. The summed E-state index contributed by atoms with van der Waals surface area (Å²) in [4.78, 5) is 30.5. The Morgan fingerprint density at radius 2 is 1.74 bits per heavy atom. The summed E-state index contributed by atoms with van der Waals surface area (Å²) in [5, 5.41) is 3.03. The first-order chi connectivity index (χ1) is 15.2. The first-order valence-corrected chi connectivity index (χ1v) is 11.7. The average Bonchev–Trinajstić information content (AvgIpc) is 2.83. The molecule has 1 fully saturated rings. The van der Waals surface area contributed by atoms with Crippen molar-refractivity contribution in [2.45, 2.75) is 57.8 Å². The van der Waals surface area contributed by atoms with E-state index < -0.39 is 0 Å². The molecule has 1 aromatic heterocycles. The van der Waals surface area contributed by atoms with Gasteiger partial charge >= 0.3 is 0 Å². The predicted molar refractivity (Wildman–Crippen MR) is 124 cm³/mol. The number of rotatable bonds is 11. The molecular weight excluding hydrogens is 386 g/mol. The molecule has 2 heterocycles. The van der Waals surface area contributed by atoms with Gasteiger partial charge in [0.05, 0.1) is 0 Å². The van der Waals surface area contributed by atoms with E-state index in [9.17, 15) is 9.59 Å². The highest BCUT2D eigenvalue weighted by Gasteiger charge is 2.23. The molecule has 31 heavy (non-hydrogen) atoms. The molecule has 1 aliphatic heterocycles. The van der Waals surface area contributed by atoms with Crippen molar-refractivity contribution >= 4 is 11.8 Å². The zero-order valence-electron chi connectivity index (χ0n) is 18.5. The molecule has 0 aliphatic carbocycles. The molecule has 1 aromatic carbocycles. The maximum atomic E-state index is 12.5. The maximum Gasteiger partial charge on any atom is 0.253 e. The molecule has 2 aromatic rings. The van der Waals surface area contributed by atoms with Gasteiger partial charge in [-0.2, -0.15) is 0 Å². The molecule has 166 valence electrons. The van der Waals surface area contributed by atoms with E-state index in [1.165, 1.54) is 19.3 Å². The van der Waals surface area contributed by atoms with Crippen LogP contribution in [0.15, 0.2) is 54.9 Å². The summed E-state index contributed by atoms with van der Waals surface area (Å²) < 4.78 is 0. The number of hydrogen-bond donors (Lipinski definition) is 1. The van der Waals surface area contributed by atoms with Crippen molar-refractivity contribution in [2.24, 2.45) is 5.92 Å². The second kappa shape index (κ2) is 12.9. The van der Waals surface area contributed by atoms with Crippen LogP contribution in [-0.4, -0.2) is 41.3 Å². The Kier molecular flexibility index (Phi) is 9.55. The van der Waals surface area contributed by atoms with Gasteiger partial charge in [-0.3, -0.25) is 14.6 Å². The van der Waals surface area contributed by atoms with Crippen LogP contribution in [0.2, 0.25) is 0 Å². The van der Waals surface area contributed by atoms with Crippen LogP contribution in [0.4, 0.5) is 0 Å². The Morgan fingerprint density at radius 1 is 0.968 bits per heavy atom. The Morgan fingerprint density at radius 3 is 2.48 bits per heavy atom. The summed E-state index contributed by atoms with van der Waals surface area (Å²) >= 11 is 0. The van der Waals surface area contributed by atoms with E-state index in [0.717, 1.165) is 68.8 Å². The molecule has 0 saturated carbocycles. The molecule has 1 N–H and O–H groups in total. The minimum atomic E-state index is 0.126. The number of aromatic nitrogens is 1. The molecule has 0 bridgehead atoms. The summed E-state index contributed by atoms with van der Waals surface area (Å²) in [5.74, 6) is 1.04. The van der Waals surface area contributed by atoms with Crippen molar-refractivity contribution in [1.82, 2.24) is 15.2 Å². The van der Waals surface area contributed by atoms with Crippen LogP contribution in [0, 0.1) is 5.92 Å². The highest BCUT2D eigenvalue weighted by Crippen LogP contribution is 2.24. The largest absolute Gasteiger partial charge is 0.356 e. The quantitative estimate of drug-likeness (QED) is 0.538. The van der Waals surface area contributed by atoms with Gasteiger partial charge in [-0.25, -0.2) is 0 Å². The van der Waals surface area contributed by atoms with Crippen molar-refractivity contribution in [1.29, 1.82) is 0 Å². The predicted octanol–water partition coefficient (Wildman–Crippen LogP) is 4.63. The number of nitrogens with zero attached hydrogens (tertiary/aromatic N) is 2. The standard InChI is InChI=1S/C26H35N3O2/c30-25(14-13-23-10-8-17-27-21-23)28-18-7-2-1-4-9-22-15-19-29(20-16-22)26(31)24-11-5-3-6-12-24/h3,5-6,8,10-12,17,21-22H,1-2,4,7,9,13-16,18-20H2,(H,28,30). The molecule has 0 atom stereocenters. The van der Waals surface area contributed by atoms with Gasteiger partial charge in [0.2, 0.25) is 5.91 Å². The Bertz CT molecular complexity index is 787. The lowest BCUT2D eigenvalue weighted by Crippen LogP contribution is -2.38. The Labute approximate surface area is 186 Å². The van der Waals surface area contributed by atoms with Crippen LogP contribution in [0.1, 0.15) is 67.3 Å². The number of unbranched alkanes of at least 4 members (excludes halogenated alkanes) is 3. The number of carbonyl (C=O) groups excluding carboxylic acids is 2. The second-order valence-electron chi connectivity index (χ2n) is 8.52. The molecule has 0 spiro atoms. The fourth-order valence-corrected chi connectivity index (χ4v) is 4.22. The van der Waals surface area contributed by atoms with E-state index in [4.69, 9.17) is 0 Å². The van der Waals surface area contributed by atoms with Gasteiger partial charge in [-0.15, -0.1) is 0 Å². The highest BCUT2D eigenvalue weighted by atomic mass is 16.2. The number of nitrogens with one attached hydrogen (secondary N) is 1. The van der Waals surface area contributed by atoms with Gasteiger partial charge in [-0.05, 0) is 55.4 Å².